The second kappa shape index (κ2) is 6.58. The van der Waals surface area contributed by atoms with E-state index in [0.717, 1.165) is 37.4 Å². The molecule has 1 heterocycles. The van der Waals surface area contributed by atoms with Gasteiger partial charge in [0, 0.05) is 12.3 Å². The summed E-state index contributed by atoms with van der Waals surface area (Å²) in [5.41, 5.74) is -0.527. The highest BCUT2D eigenvalue weighted by atomic mass is 32.2. The number of ether oxygens (including phenoxy) is 1. The van der Waals surface area contributed by atoms with Gasteiger partial charge in [0.05, 0.1) is 7.11 Å². The van der Waals surface area contributed by atoms with Crippen molar-refractivity contribution >= 4 is 17.7 Å². The predicted octanol–water partition coefficient (Wildman–Crippen LogP) is 1.37. The standard InChI is InChI=1S/C13H22N4O2S/c1-4-7-15-13(11(18)19-3)6-5-10(8-13)20-12-14-9-16-17(12)2/h9-10,15H,4-8H2,1-3H3. The number of esters is 1. The molecule has 1 fully saturated rings. The summed E-state index contributed by atoms with van der Waals surface area (Å²) in [7, 11) is 3.34. The number of nitrogens with one attached hydrogen (secondary N) is 1. The molecule has 1 N–H and O–H groups in total. The van der Waals surface area contributed by atoms with Gasteiger partial charge in [-0.25, -0.2) is 9.67 Å². The van der Waals surface area contributed by atoms with Gasteiger partial charge in [0.25, 0.3) is 0 Å². The lowest BCUT2D eigenvalue weighted by molar-refractivity contribution is -0.148. The van der Waals surface area contributed by atoms with Crippen LogP contribution in [0.4, 0.5) is 0 Å². The van der Waals surface area contributed by atoms with Gasteiger partial charge >= 0.3 is 5.97 Å². The fourth-order valence-electron chi connectivity index (χ4n) is 2.62. The molecule has 0 saturated heterocycles. The van der Waals surface area contributed by atoms with E-state index in [0.29, 0.717) is 5.25 Å². The molecule has 2 atom stereocenters. The maximum absolute atomic E-state index is 12.1. The Morgan fingerprint density at radius 1 is 1.70 bits per heavy atom. The molecule has 112 valence electrons. The smallest absolute Gasteiger partial charge is 0.326 e. The van der Waals surface area contributed by atoms with Crippen LogP contribution in [0.1, 0.15) is 32.6 Å². The van der Waals surface area contributed by atoms with E-state index in [4.69, 9.17) is 4.74 Å². The van der Waals surface area contributed by atoms with E-state index in [1.165, 1.54) is 7.11 Å². The van der Waals surface area contributed by atoms with Crippen LogP contribution in [0.2, 0.25) is 0 Å². The van der Waals surface area contributed by atoms with Crippen LogP contribution in [0.3, 0.4) is 0 Å². The first kappa shape index (κ1) is 15.3. The summed E-state index contributed by atoms with van der Waals surface area (Å²) in [6.07, 6.45) is 5.12. The van der Waals surface area contributed by atoms with Crippen molar-refractivity contribution in [1.82, 2.24) is 20.1 Å². The zero-order valence-electron chi connectivity index (χ0n) is 12.3. The molecular weight excluding hydrogens is 276 g/mol. The van der Waals surface area contributed by atoms with E-state index in [1.807, 2.05) is 7.05 Å². The average molecular weight is 298 g/mol. The van der Waals surface area contributed by atoms with Crippen LogP contribution < -0.4 is 5.32 Å². The van der Waals surface area contributed by atoms with Crippen molar-refractivity contribution in [1.29, 1.82) is 0 Å². The van der Waals surface area contributed by atoms with Crippen molar-refractivity contribution in [3.8, 4) is 0 Å². The number of rotatable bonds is 6. The predicted molar refractivity (Wildman–Crippen MR) is 77.5 cm³/mol. The van der Waals surface area contributed by atoms with Gasteiger partial charge in [0.1, 0.15) is 11.9 Å². The van der Waals surface area contributed by atoms with E-state index in [-0.39, 0.29) is 5.97 Å². The fraction of sp³-hybridized carbons (Fsp3) is 0.769. The fourth-order valence-corrected chi connectivity index (χ4v) is 3.83. The summed E-state index contributed by atoms with van der Waals surface area (Å²) in [6, 6.07) is 0. The quantitative estimate of drug-likeness (QED) is 0.800. The monoisotopic (exact) mass is 298 g/mol. The highest BCUT2D eigenvalue weighted by Crippen LogP contribution is 2.40. The highest BCUT2D eigenvalue weighted by molar-refractivity contribution is 7.99. The molecule has 0 bridgehead atoms. The minimum Gasteiger partial charge on any atom is -0.468 e. The lowest BCUT2D eigenvalue weighted by Crippen LogP contribution is -2.51. The lowest BCUT2D eigenvalue weighted by Gasteiger charge is -2.27. The molecule has 2 unspecified atom stereocenters. The van der Waals surface area contributed by atoms with Gasteiger partial charge in [0.2, 0.25) is 0 Å². The van der Waals surface area contributed by atoms with Crippen LogP contribution in [0.25, 0.3) is 0 Å². The van der Waals surface area contributed by atoms with E-state index < -0.39 is 5.54 Å². The number of methoxy groups -OCH3 is 1. The molecule has 0 aliphatic heterocycles. The van der Waals surface area contributed by atoms with Crippen LogP contribution in [0.15, 0.2) is 11.5 Å². The number of hydrogen-bond donors (Lipinski definition) is 1. The van der Waals surface area contributed by atoms with Gasteiger partial charge in [0.15, 0.2) is 5.16 Å². The Balaban J connectivity index is 2.03. The Kier molecular flexibility index (Phi) is 5.04. The number of carbonyl (C=O) groups is 1. The van der Waals surface area contributed by atoms with Crippen molar-refractivity contribution in [2.75, 3.05) is 13.7 Å². The number of thioether (sulfide) groups is 1. The molecule has 1 aromatic heterocycles. The molecule has 6 nitrogen and oxygen atoms in total. The van der Waals surface area contributed by atoms with Gasteiger partial charge < -0.3 is 10.1 Å². The van der Waals surface area contributed by atoms with Crippen LogP contribution in [0.5, 0.6) is 0 Å². The molecule has 1 aromatic rings. The summed E-state index contributed by atoms with van der Waals surface area (Å²) in [5, 5.41) is 8.72. The van der Waals surface area contributed by atoms with E-state index in [1.54, 1.807) is 22.8 Å². The van der Waals surface area contributed by atoms with Crippen molar-refractivity contribution in [3.63, 3.8) is 0 Å². The molecule has 20 heavy (non-hydrogen) atoms. The zero-order valence-corrected chi connectivity index (χ0v) is 13.1. The van der Waals surface area contributed by atoms with E-state index in [9.17, 15) is 4.79 Å². The maximum atomic E-state index is 12.1. The molecule has 7 heteroatoms. The number of aromatic nitrogens is 3. The lowest BCUT2D eigenvalue weighted by atomic mass is 9.97. The Labute approximate surface area is 123 Å². The van der Waals surface area contributed by atoms with Crippen LogP contribution in [-0.4, -0.2) is 45.2 Å². The summed E-state index contributed by atoms with van der Waals surface area (Å²) in [6.45, 7) is 2.93. The van der Waals surface area contributed by atoms with Crippen LogP contribution in [0, 0.1) is 0 Å². The van der Waals surface area contributed by atoms with E-state index in [2.05, 4.69) is 22.3 Å². The average Bonchev–Trinajstić information content (AvgIpc) is 3.04. The van der Waals surface area contributed by atoms with Crippen molar-refractivity contribution < 1.29 is 9.53 Å². The summed E-state index contributed by atoms with van der Waals surface area (Å²) in [4.78, 5) is 16.4. The van der Waals surface area contributed by atoms with Gasteiger partial charge in [-0.15, -0.1) is 0 Å². The Morgan fingerprint density at radius 3 is 3.10 bits per heavy atom. The Hall–Kier alpha value is -1.08. The van der Waals surface area contributed by atoms with Crippen LogP contribution >= 0.6 is 11.8 Å². The van der Waals surface area contributed by atoms with Crippen LogP contribution in [-0.2, 0) is 16.6 Å². The van der Waals surface area contributed by atoms with Gasteiger partial charge in [-0.05, 0) is 32.2 Å². The highest BCUT2D eigenvalue weighted by Gasteiger charge is 2.46. The molecule has 2 rings (SSSR count). The number of nitrogens with zero attached hydrogens (tertiary/aromatic N) is 3. The zero-order chi connectivity index (χ0) is 14.6. The van der Waals surface area contributed by atoms with Gasteiger partial charge in [-0.1, -0.05) is 18.7 Å². The number of carbonyl (C=O) groups excluding carboxylic acids is 1. The van der Waals surface area contributed by atoms with Crippen molar-refractivity contribution in [3.05, 3.63) is 6.33 Å². The Morgan fingerprint density at radius 2 is 2.50 bits per heavy atom. The summed E-state index contributed by atoms with van der Waals surface area (Å²) < 4.78 is 6.76. The molecule has 1 aliphatic rings. The number of hydrogen-bond acceptors (Lipinski definition) is 6. The first-order valence-electron chi connectivity index (χ1n) is 6.95. The second-order valence-corrected chi connectivity index (χ2v) is 6.42. The Bertz CT molecular complexity index is 465. The van der Waals surface area contributed by atoms with Gasteiger partial charge in [-0.2, -0.15) is 5.10 Å². The third-order valence-electron chi connectivity index (χ3n) is 3.70. The van der Waals surface area contributed by atoms with E-state index >= 15 is 0 Å². The first-order chi connectivity index (χ1) is 9.61. The molecule has 1 aliphatic carbocycles. The third-order valence-corrected chi connectivity index (χ3v) is 5.02. The molecule has 0 spiro atoms. The topological polar surface area (TPSA) is 69.0 Å². The van der Waals surface area contributed by atoms with Crippen molar-refractivity contribution in [2.24, 2.45) is 7.05 Å². The van der Waals surface area contributed by atoms with Gasteiger partial charge in [-0.3, -0.25) is 4.79 Å². The third kappa shape index (κ3) is 3.15. The minimum atomic E-state index is -0.527. The maximum Gasteiger partial charge on any atom is 0.326 e. The number of aryl methyl sites for hydroxylation is 1. The molecular formula is C13H22N4O2S. The second-order valence-electron chi connectivity index (χ2n) is 5.15. The minimum absolute atomic E-state index is 0.146. The summed E-state index contributed by atoms with van der Waals surface area (Å²) >= 11 is 1.69. The van der Waals surface area contributed by atoms with Crippen molar-refractivity contribution in [2.45, 2.75) is 48.6 Å². The molecule has 0 radical (unpaired) electrons. The summed E-state index contributed by atoms with van der Waals surface area (Å²) in [5.74, 6) is -0.146. The molecule has 0 amide bonds. The molecule has 0 aromatic carbocycles. The normalized spacial score (nSPS) is 25.9. The molecule has 1 saturated carbocycles. The largest absolute Gasteiger partial charge is 0.468 e. The first-order valence-corrected chi connectivity index (χ1v) is 7.83. The SMILES string of the molecule is CCCNC1(C(=O)OC)CCC(Sc2ncnn2C)C1.